The lowest BCUT2D eigenvalue weighted by molar-refractivity contribution is 0.0601. The highest BCUT2D eigenvalue weighted by Gasteiger charge is 2.07. The number of halogens is 1. The normalized spacial score (nSPS) is 10.2. The van der Waals surface area contributed by atoms with Gasteiger partial charge in [-0.25, -0.2) is 4.79 Å². The van der Waals surface area contributed by atoms with Crippen molar-refractivity contribution in [1.29, 1.82) is 0 Å². The number of esters is 1. The molecular weight excluding hydrogens is 370 g/mol. The SMILES string of the molecule is COC(=O)c1ccc(Nc2nncc(Nc3ccc(OC)c(Cl)c3)n2)cc1. The number of aromatic nitrogens is 3. The number of ether oxygens (including phenoxy) is 2. The molecule has 3 rings (SSSR count). The summed E-state index contributed by atoms with van der Waals surface area (Å²) in [5.74, 6) is 0.968. The van der Waals surface area contributed by atoms with Crippen LogP contribution in [-0.2, 0) is 4.74 Å². The van der Waals surface area contributed by atoms with Crippen LogP contribution in [0.3, 0.4) is 0 Å². The van der Waals surface area contributed by atoms with Crippen molar-refractivity contribution < 1.29 is 14.3 Å². The first kappa shape index (κ1) is 18.4. The van der Waals surface area contributed by atoms with E-state index in [1.165, 1.54) is 13.3 Å². The summed E-state index contributed by atoms with van der Waals surface area (Å²) in [6.45, 7) is 0. The van der Waals surface area contributed by atoms with Gasteiger partial charge in [-0.3, -0.25) is 0 Å². The molecule has 0 amide bonds. The molecule has 1 heterocycles. The van der Waals surface area contributed by atoms with Crippen LogP contribution in [0.1, 0.15) is 10.4 Å². The zero-order chi connectivity index (χ0) is 19.2. The molecule has 138 valence electrons. The van der Waals surface area contributed by atoms with Crippen molar-refractivity contribution in [3.63, 3.8) is 0 Å². The Morgan fingerprint density at radius 2 is 1.78 bits per heavy atom. The summed E-state index contributed by atoms with van der Waals surface area (Å²) in [6, 6.07) is 12.0. The maximum absolute atomic E-state index is 11.5. The molecule has 27 heavy (non-hydrogen) atoms. The van der Waals surface area contributed by atoms with Gasteiger partial charge in [0.15, 0.2) is 5.82 Å². The van der Waals surface area contributed by atoms with Crippen LogP contribution >= 0.6 is 11.6 Å². The summed E-state index contributed by atoms with van der Waals surface area (Å²) in [7, 11) is 2.89. The minimum absolute atomic E-state index is 0.297. The molecule has 0 bridgehead atoms. The highest BCUT2D eigenvalue weighted by Crippen LogP contribution is 2.28. The van der Waals surface area contributed by atoms with Gasteiger partial charge in [0.2, 0.25) is 5.95 Å². The summed E-state index contributed by atoms with van der Waals surface area (Å²) in [5, 5.41) is 14.5. The van der Waals surface area contributed by atoms with Gasteiger partial charge < -0.3 is 20.1 Å². The highest BCUT2D eigenvalue weighted by atomic mass is 35.5. The molecule has 0 atom stereocenters. The van der Waals surface area contributed by atoms with Crippen LogP contribution in [-0.4, -0.2) is 35.4 Å². The van der Waals surface area contributed by atoms with Crippen LogP contribution < -0.4 is 15.4 Å². The van der Waals surface area contributed by atoms with Crippen LogP contribution in [0.15, 0.2) is 48.7 Å². The number of carbonyl (C=O) groups is 1. The quantitative estimate of drug-likeness (QED) is 0.618. The predicted octanol–water partition coefficient (Wildman–Crippen LogP) is 3.81. The standard InChI is InChI=1S/C18H16ClN5O3/c1-26-15-8-7-13(9-14(15)19)21-16-10-20-24-18(23-16)22-12-5-3-11(4-6-12)17(25)27-2/h3-10H,1-2H3,(H2,21,22,23,24). The fourth-order valence-corrected chi connectivity index (χ4v) is 2.50. The molecule has 0 radical (unpaired) electrons. The molecule has 8 nitrogen and oxygen atoms in total. The monoisotopic (exact) mass is 385 g/mol. The van der Waals surface area contributed by atoms with E-state index in [9.17, 15) is 4.79 Å². The highest BCUT2D eigenvalue weighted by molar-refractivity contribution is 6.32. The number of anilines is 4. The van der Waals surface area contributed by atoms with Crippen molar-refractivity contribution in [3.8, 4) is 5.75 Å². The lowest BCUT2D eigenvalue weighted by Crippen LogP contribution is -2.03. The molecule has 0 aliphatic rings. The number of hydrogen-bond donors (Lipinski definition) is 2. The Morgan fingerprint density at radius 3 is 2.44 bits per heavy atom. The minimum atomic E-state index is -0.399. The number of carbonyl (C=O) groups excluding carboxylic acids is 1. The Balaban J connectivity index is 1.72. The first-order chi connectivity index (χ1) is 13.1. The second kappa shape index (κ2) is 8.33. The molecule has 1 aromatic heterocycles. The van der Waals surface area contributed by atoms with Gasteiger partial charge in [-0.2, -0.15) is 10.1 Å². The maximum atomic E-state index is 11.5. The zero-order valence-corrected chi connectivity index (χ0v) is 15.3. The molecule has 2 aromatic carbocycles. The number of hydrogen-bond acceptors (Lipinski definition) is 8. The fourth-order valence-electron chi connectivity index (χ4n) is 2.25. The lowest BCUT2D eigenvalue weighted by atomic mass is 10.2. The molecule has 0 saturated carbocycles. The van der Waals surface area contributed by atoms with Crippen molar-refractivity contribution >= 4 is 40.7 Å². The van der Waals surface area contributed by atoms with E-state index in [1.54, 1.807) is 43.5 Å². The van der Waals surface area contributed by atoms with Crippen LogP contribution in [0.25, 0.3) is 0 Å². The van der Waals surface area contributed by atoms with Gasteiger partial charge in [-0.1, -0.05) is 11.6 Å². The largest absolute Gasteiger partial charge is 0.495 e. The topological polar surface area (TPSA) is 98.3 Å². The third-order valence-electron chi connectivity index (χ3n) is 3.55. The molecule has 2 N–H and O–H groups in total. The average Bonchev–Trinajstić information content (AvgIpc) is 2.68. The van der Waals surface area contributed by atoms with E-state index in [-0.39, 0.29) is 0 Å². The summed E-state index contributed by atoms with van der Waals surface area (Å²) >= 11 is 6.12. The Bertz CT molecular complexity index is 950. The smallest absolute Gasteiger partial charge is 0.337 e. The van der Waals surface area contributed by atoms with Gasteiger partial charge in [0, 0.05) is 11.4 Å². The number of nitrogens with zero attached hydrogens (tertiary/aromatic N) is 3. The Morgan fingerprint density at radius 1 is 1.04 bits per heavy atom. The third kappa shape index (κ3) is 4.62. The predicted molar refractivity (Wildman–Crippen MR) is 102 cm³/mol. The van der Waals surface area contributed by atoms with Gasteiger partial charge in [-0.05, 0) is 42.5 Å². The van der Waals surface area contributed by atoms with Crippen molar-refractivity contribution in [2.45, 2.75) is 0 Å². The van der Waals surface area contributed by atoms with Crippen molar-refractivity contribution in [2.75, 3.05) is 24.9 Å². The zero-order valence-electron chi connectivity index (χ0n) is 14.6. The van der Waals surface area contributed by atoms with E-state index >= 15 is 0 Å². The first-order valence-electron chi connectivity index (χ1n) is 7.84. The van der Waals surface area contributed by atoms with E-state index in [0.717, 1.165) is 5.69 Å². The molecular formula is C18H16ClN5O3. The number of methoxy groups -OCH3 is 2. The van der Waals surface area contributed by atoms with Gasteiger partial charge in [0.1, 0.15) is 5.75 Å². The van der Waals surface area contributed by atoms with Gasteiger partial charge in [0.25, 0.3) is 0 Å². The summed E-state index contributed by atoms with van der Waals surface area (Å²) < 4.78 is 9.80. The Hall–Kier alpha value is -3.39. The lowest BCUT2D eigenvalue weighted by Gasteiger charge is -2.09. The minimum Gasteiger partial charge on any atom is -0.495 e. The molecule has 0 aliphatic carbocycles. The third-order valence-corrected chi connectivity index (χ3v) is 3.84. The van der Waals surface area contributed by atoms with E-state index < -0.39 is 5.97 Å². The van der Waals surface area contributed by atoms with E-state index in [4.69, 9.17) is 16.3 Å². The maximum Gasteiger partial charge on any atom is 0.337 e. The van der Waals surface area contributed by atoms with Gasteiger partial charge in [-0.15, -0.1) is 5.10 Å². The number of benzene rings is 2. The number of rotatable bonds is 6. The fraction of sp³-hybridized carbons (Fsp3) is 0.111. The summed E-state index contributed by atoms with van der Waals surface area (Å²) in [6.07, 6.45) is 1.49. The second-order valence-electron chi connectivity index (χ2n) is 5.33. The van der Waals surface area contributed by atoms with Crippen molar-refractivity contribution in [2.24, 2.45) is 0 Å². The average molecular weight is 386 g/mol. The first-order valence-corrected chi connectivity index (χ1v) is 8.22. The molecule has 0 spiro atoms. The van der Waals surface area contributed by atoms with Crippen LogP contribution in [0.4, 0.5) is 23.1 Å². The van der Waals surface area contributed by atoms with E-state index in [2.05, 4.69) is 30.6 Å². The molecule has 0 saturated heterocycles. The van der Waals surface area contributed by atoms with Crippen molar-refractivity contribution in [1.82, 2.24) is 15.2 Å². The number of nitrogens with one attached hydrogen (secondary N) is 2. The van der Waals surface area contributed by atoms with Crippen molar-refractivity contribution in [3.05, 3.63) is 59.2 Å². The van der Waals surface area contributed by atoms with E-state index in [1.807, 2.05) is 6.07 Å². The van der Waals surface area contributed by atoms with Crippen LogP contribution in [0.2, 0.25) is 5.02 Å². The molecule has 0 unspecified atom stereocenters. The molecule has 3 aromatic rings. The Labute approximate surface area is 160 Å². The Kier molecular flexibility index (Phi) is 5.68. The van der Waals surface area contributed by atoms with Crippen LogP contribution in [0, 0.1) is 0 Å². The summed E-state index contributed by atoms with van der Waals surface area (Å²) in [5.41, 5.74) is 1.89. The second-order valence-corrected chi connectivity index (χ2v) is 5.74. The molecule has 0 fully saturated rings. The van der Waals surface area contributed by atoms with Gasteiger partial charge >= 0.3 is 5.97 Å². The van der Waals surface area contributed by atoms with E-state index in [0.29, 0.717) is 33.8 Å². The van der Waals surface area contributed by atoms with Gasteiger partial charge in [0.05, 0.1) is 31.0 Å². The molecule has 9 heteroatoms. The molecule has 0 aliphatic heterocycles. The van der Waals surface area contributed by atoms with Crippen LogP contribution in [0.5, 0.6) is 5.75 Å². The summed E-state index contributed by atoms with van der Waals surface area (Å²) in [4.78, 5) is 15.8.